The highest BCUT2D eigenvalue weighted by atomic mass is 79.9. The Bertz CT molecular complexity index is 562. The molecule has 0 heterocycles. The van der Waals surface area contributed by atoms with Crippen LogP contribution in [0.25, 0.3) is 0 Å². The molecule has 0 saturated heterocycles. The summed E-state index contributed by atoms with van der Waals surface area (Å²) < 4.78 is 26.9. The van der Waals surface area contributed by atoms with Crippen LogP contribution in [0.15, 0.2) is 27.6 Å². The number of carbonyl (C=O) groups excluding carboxylic acids is 1. The molecule has 1 aromatic rings. The first-order valence-electron chi connectivity index (χ1n) is 4.97. The Morgan fingerprint density at radius 3 is 2.56 bits per heavy atom. The lowest BCUT2D eigenvalue weighted by molar-refractivity contribution is -0.121. The number of nitrogens with one attached hydrogen (secondary N) is 2. The zero-order chi connectivity index (χ0) is 13.9. The SMILES string of the molecule is CNC(=O)C(C)NS(=O)(=O)c1ccc(Br)cc1Cl. The zero-order valence-electron chi connectivity index (χ0n) is 9.70. The lowest BCUT2D eigenvalue weighted by Gasteiger charge is -2.13. The Kier molecular flexibility index (Phi) is 5.15. The van der Waals surface area contributed by atoms with Crippen LogP contribution in [-0.4, -0.2) is 27.4 Å². The van der Waals surface area contributed by atoms with Crippen LogP contribution in [-0.2, 0) is 14.8 Å². The molecule has 8 heteroatoms. The van der Waals surface area contributed by atoms with E-state index in [0.717, 1.165) is 0 Å². The largest absolute Gasteiger partial charge is 0.358 e. The fourth-order valence-corrected chi connectivity index (χ4v) is 3.50. The lowest BCUT2D eigenvalue weighted by Crippen LogP contribution is -2.43. The second-order valence-electron chi connectivity index (χ2n) is 3.53. The van der Waals surface area contributed by atoms with Crippen molar-refractivity contribution in [3.8, 4) is 0 Å². The number of rotatable bonds is 4. The van der Waals surface area contributed by atoms with E-state index in [4.69, 9.17) is 11.6 Å². The molecule has 2 N–H and O–H groups in total. The summed E-state index contributed by atoms with van der Waals surface area (Å²) in [7, 11) is -2.40. The third-order valence-corrected chi connectivity index (χ3v) is 4.67. The van der Waals surface area contributed by atoms with Crippen LogP contribution in [0.3, 0.4) is 0 Å². The standard InChI is InChI=1S/C10H12BrClN2O3S/c1-6(10(15)13-2)14-18(16,17)9-4-3-7(11)5-8(9)12/h3-6,14H,1-2H3,(H,13,15). The molecule has 1 unspecified atom stereocenters. The molecule has 1 aromatic carbocycles. The van der Waals surface area contributed by atoms with Gasteiger partial charge in [0, 0.05) is 11.5 Å². The minimum Gasteiger partial charge on any atom is -0.358 e. The van der Waals surface area contributed by atoms with Gasteiger partial charge in [-0.3, -0.25) is 4.79 Å². The van der Waals surface area contributed by atoms with Crippen LogP contribution in [0.5, 0.6) is 0 Å². The maximum Gasteiger partial charge on any atom is 0.242 e. The number of carbonyl (C=O) groups is 1. The minimum absolute atomic E-state index is 0.0666. The third kappa shape index (κ3) is 3.68. The quantitative estimate of drug-likeness (QED) is 0.860. The molecule has 0 saturated carbocycles. The van der Waals surface area contributed by atoms with Gasteiger partial charge >= 0.3 is 0 Å². The average Bonchev–Trinajstić information content (AvgIpc) is 2.26. The average molecular weight is 356 g/mol. The Labute approximate surface area is 119 Å². The van der Waals surface area contributed by atoms with Crippen molar-refractivity contribution in [1.82, 2.24) is 10.0 Å². The Balaban J connectivity index is 3.04. The molecule has 1 rings (SSSR count). The number of benzene rings is 1. The molecule has 100 valence electrons. The van der Waals surface area contributed by atoms with E-state index in [1.807, 2.05) is 0 Å². The van der Waals surface area contributed by atoms with E-state index >= 15 is 0 Å². The van der Waals surface area contributed by atoms with Gasteiger partial charge in [0.15, 0.2) is 0 Å². The smallest absolute Gasteiger partial charge is 0.242 e. The van der Waals surface area contributed by atoms with Gasteiger partial charge in [-0.25, -0.2) is 8.42 Å². The summed E-state index contributed by atoms with van der Waals surface area (Å²) in [5.41, 5.74) is 0. The van der Waals surface area contributed by atoms with E-state index in [0.29, 0.717) is 4.47 Å². The lowest BCUT2D eigenvalue weighted by atomic mass is 10.3. The highest BCUT2D eigenvalue weighted by Gasteiger charge is 2.23. The minimum atomic E-state index is -3.83. The van der Waals surface area contributed by atoms with Crippen molar-refractivity contribution in [3.63, 3.8) is 0 Å². The van der Waals surface area contributed by atoms with E-state index in [1.165, 1.54) is 26.1 Å². The highest BCUT2D eigenvalue weighted by molar-refractivity contribution is 9.10. The van der Waals surface area contributed by atoms with Crippen molar-refractivity contribution in [2.24, 2.45) is 0 Å². The normalized spacial score (nSPS) is 13.1. The molecule has 0 aromatic heterocycles. The molecule has 18 heavy (non-hydrogen) atoms. The number of likely N-dealkylation sites (N-methyl/N-ethyl adjacent to an activating group) is 1. The van der Waals surface area contributed by atoms with E-state index < -0.39 is 22.0 Å². The van der Waals surface area contributed by atoms with E-state index in [9.17, 15) is 13.2 Å². The summed E-state index contributed by atoms with van der Waals surface area (Å²) in [5, 5.41) is 2.44. The molecular formula is C10H12BrClN2O3S. The van der Waals surface area contributed by atoms with E-state index in [-0.39, 0.29) is 9.92 Å². The van der Waals surface area contributed by atoms with Gasteiger partial charge in [0.2, 0.25) is 15.9 Å². The number of amides is 1. The molecule has 0 fully saturated rings. The number of halogens is 2. The first kappa shape index (κ1) is 15.4. The van der Waals surface area contributed by atoms with E-state index in [1.54, 1.807) is 6.07 Å². The zero-order valence-corrected chi connectivity index (χ0v) is 12.9. The highest BCUT2D eigenvalue weighted by Crippen LogP contribution is 2.25. The Morgan fingerprint density at radius 1 is 1.44 bits per heavy atom. The monoisotopic (exact) mass is 354 g/mol. The third-order valence-electron chi connectivity index (χ3n) is 2.16. The van der Waals surface area contributed by atoms with Gasteiger partial charge in [-0.2, -0.15) is 4.72 Å². The van der Waals surface area contributed by atoms with Crippen molar-refractivity contribution in [2.75, 3.05) is 7.05 Å². The fraction of sp³-hybridized carbons (Fsp3) is 0.300. The van der Waals surface area contributed by atoms with Crippen LogP contribution in [0.1, 0.15) is 6.92 Å². The van der Waals surface area contributed by atoms with Crippen molar-refractivity contribution >= 4 is 43.5 Å². The Morgan fingerprint density at radius 2 is 2.06 bits per heavy atom. The van der Waals surface area contributed by atoms with Gasteiger partial charge in [-0.1, -0.05) is 27.5 Å². The summed E-state index contributed by atoms with van der Waals surface area (Å²) in [6, 6.07) is 3.52. The van der Waals surface area contributed by atoms with Gasteiger partial charge in [0.1, 0.15) is 4.90 Å². The van der Waals surface area contributed by atoms with Gasteiger partial charge in [0.25, 0.3) is 0 Å². The molecule has 0 radical (unpaired) electrons. The number of hydrogen-bond acceptors (Lipinski definition) is 3. The maximum absolute atomic E-state index is 12.0. The fourth-order valence-electron chi connectivity index (χ4n) is 1.26. The summed E-state index contributed by atoms with van der Waals surface area (Å²) in [6.45, 7) is 1.45. The van der Waals surface area contributed by atoms with Crippen LogP contribution in [0.2, 0.25) is 5.02 Å². The van der Waals surface area contributed by atoms with Crippen molar-refractivity contribution in [1.29, 1.82) is 0 Å². The van der Waals surface area contributed by atoms with Crippen molar-refractivity contribution < 1.29 is 13.2 Å². The van der Waals surface area contributed by atoms with Crippen LogP contribution in [0.4, 0.5) is 0 Å². The van der Waals surface area contributed by atoms with Gasteiger partial charge < -0.3 is 5.32 Å². The summed E-state index contributed by atoms with van der Waals surface area (Å²) in [5.74, 6) is -0.424. The van der Waals surface area contributed by atoms with Crippen LogP contribution < -0.4 is 10.0 Å². The first-order valence-corrected chi connectivity index (χ1v) is 7.62. The molecule has 0 aliphatic heterocycles. The topological polar surface area (TPSA) is 75.3 Å². The predicted octanol–water partition coefficient (Wildman–Crippen LogP) is 1.52. The first-order chi connectivity index (χ1) is 8.27. The molecule has 0 bridgehead atoms. The summed E-state index contributed by atoms with van der Waals surface area (Å²) >= 11 is 9.05. The van der Waals surface area contributed by atoms with Gasteiger partial charge in [-0.15, -0.1) is 0 Å². The molecular weight excluding hydrogens is 344 g/mol. The van der Waals surface area contributed by atoms with Crippen LogP contribution in [0, 0.1) is 0 Å². The van der Waals surface area contributed by atoms with Crippen molar-refractivity contribution in [3.05, 3.63) is 27.7 Å². The molecule has 0 spiro atoms. The molecule has 5 nitrogen and oxygen atoms in total. The number of hydrogen-bond donors (Lipinski definition) is 2. The van der Waals surface area contributed by atoms with Crippen molar-refractivity contribution in [2.45, 2.75) is 17.9 Å². The molecule has 0 aliphatic rings. The maximum atomic E-state index is 12.0. The molecule has 1 amide bonds. The molecule has 1 atom stereocenters. The summed E-state index contributed by atoms with van der Waals surface area (Å²) in [4.78, 5) is 11.2. The predicted molar refractivity (Wildman–Crippen MR) is 73.0 cm³/mol. The molecule has 0 aliphatic carbocycles. The summed E-state index contributed by atoms with van der Waals surface area (Å²) in [6.07, 6.45) is 0. The second-order valence-corrected chi connectivity index (χ2v) is 6.54. The van der Waals surface area contributed by atoms with Gasteiger partial charge in [-0.05, 0) is 25.1 Å². The Hall–Kier alpha value is -0.630. The van der Waals surface area contributed by atoms with E-state index in [2.05, 4.69) is 26.0 Å². The van der Waals surface area contributed by atoms with Crippen LogP contribution >= 0.6 is 27.5 Å². The number of sulfonamides is 1. The second kappa shape index (κ2) is 6.01. The van der Waals surface area contributed by atoms with Gasteiger partial charge in [0.05, 0.1) is 11.1 Å².